The molecule has 0 bridgehead atoms. The van der Waals surface area contributed by atoms with Crippen LogP contribution >= 0.6 is 15.9 Å². The van der Waals surface area contributed by atoms with Crippen LogP contribution in [0.2, 0.25) is 0 Å². The second-order valence-electron chi connectivity index (χ2n) is 3.02. The van der Waals surface area contributed by atoms with E-state index in [0.29, 0.717) is 6.61 Å². The summed E-state index contributed by atoms with van der Waals surface area (Å²) in [5, 5.41) is 8.78. The van der Waals surface area contributed by atoms with Crippen LogP contribution < -0.4 is 0 Å². The number of alkyl halides is 1. The molecule has 0 N–H and O–H groups in total. The van der Waals surface area contributed by atoms with Crippen LogP contribution in [-0.4, -0.2) is 16.5 Å². The molecule has 10 heavy (non-hydrogen) atoms. The Morgan fingerprint density at radius 3 is 2.40 bits per heavy atom. The minimum Gasteiger partial charge on any atom is -0.373 e. The first-order chi connectivity index (χ1) is 4.52. The van der Waals surface area contributed by atoms with Crippen LogP contribution in [0.3, 0.4) is 0 Å². The Kier molecular flexibility index (Phi) is 1.78. The van der Waals surface area contributed by atoms with Crippen molar-refractivity contribution < 1.29 is 4.74 Å². The second-order valence-corrected chi connectivity index (χ2v) is 4.38. The van der Waals surface area contributed by atoms with E-state index >= 15 is 0 Å². The van der Waals surface area contributed by atoms with Crippen LogP contribution in [0.1, 0.15) is 20.3 Å². The molecule has 1 aliphatic heterocycles. The van der Waals surface area contributed by atoms with Crippen molar-refractivity contribution >= 4 is 15.9 Å². The molecule has 1 heterocycles. The van der Waals surface area contributed by atoms with Gasteiger partial charge in [0.1, 0.15) is 4.32 Å². The summed E-state index contributed by atoms with van der Waals surface area (Å²) in [6.07, 6.45) is 0.774. The Hall–Kier alpha value is -0.0700. The molecule has 1 saturated heterocycles. The molecule has 1 atom stereocenters. The molecular weight excluding hydrogens is 194 g/mol. The lowest BCUT2D eigenvalue weighted by Gasteiger charge is -2.27. The smallest absolute Gasteiger partial charge is 0.142 e. The molecule has 0 saturated carbocycles. The SMILES string of the molecule is CC1(C)OCCC1(Br)C#N. The van der Waals surface area contributed by atoms with Crippen LogP contribution in [0, 0.1) is 11.3 Å². The monoisotopic (exact) mass is 203 g/mol. The fraction of sp³-hybridized carbons (Fsp3) is 0.857. The fourth-order valence-electron chi connectivity index (χ4n) is 1.05. The van der Waals surface area contributed by atoms with Gasteiger partial charge >= 0.3 is 0 Å². The zero-order chi connectivity index (χ0) is 7.83. The fourth-order valence-corrected chi connectivity index (χ4v) is 1.33. The van der Waals surface area contributed by atoms with Crippen LogP contribution in [0.4, 0.5) is 0 Å². The second kappa shape index (κ2) is 2.21. The highest BCUT2D eigenvalue weighted by atomic mass is 79.9. The molecule has 0 aromatic heterocycles. The zero-order valence-corrected chi connectivity index (χ0v) is 7.73. The summed E-state index contributed by atoms with van der Waals surface area (Å²) in [4.78, 5) is 0. The number of ether oxygens (including phenoxy) is 1. The van der Waals surface area contributed by atoms with Gasteiger partial charge in [0.2, 0.25) is 0 Å². The van der Waals surface area contributed by atoms with Crippen LogP contribution in [0.5, 0.6) is 0 Å². The van der Waals surface area contributed by atoms with Crippen LogP contribution in [-0.2, 0) is 4.74 Å². The van der Waals surface area contributed by atoms with Crippen molar-refractivity contribution in [3.63, 3.8) is 0 Å². The van der Waals surface area contributed by atoms with Gasteiger partial charge in [0, 0.05) is 13.0 Å². The van der Waals surface area contributed by atoms with Crippen molar-refractivity contribution in [2.45, 2.75) is 30.2 Å². The van der Waals surface area contributed by atoms with Crippen molar-refractivity contribution in [2.24, 2.45) is 0 Å². The molecule has 2 nitrogen and oxygen atoms in total. The molecule has 0 aromatic carbocycles. The summed E-state index contributed by atoms with van der Waals surface area (Å²) in [7, 11) is 0. The van der Waals surface area contributed by atoms with Gasteiger partial charge in [-0.05, 0) is 13.8 Å². The molecule has 1 aliphatic rings. The maximum Gasteiger partial charge on any atom is 0.142 e. The molecule has 1 fully saturated rings. The largest absolute Gasteiger partial charge is 0.373 e. The average molecular weight is 204 g/mol. The first-order valence-electron chi connectivity index (χ1n) is 3.26. The molecular formula is C7H10BrNO. The Morgan fingerprint density at radius 2 is 2.20 bits per heavy atom. The van der Waals surface area contributed by atoms with E-state index in [1.165, 1.54) is 0 Å². The van der Waals surface area contributed by atoms with E-state index in [1.807, 2.05) is 13.8 Å². The topological polar surface area (TPSA) is 33.0 Å². The number of rotatable bonds is 0. The molecule has 0 radical (unpaired) electrons. The summed E-state index contributed by atoms with van der Waals surface area (Å²) >= 11 is 3.38. The van der Waals surface area contributed by atoms with Gasteiger partial charge in [-0.2, -0.15) is 5.26 Å². The molecule has 3 heteroatoms. The van der Waals surface area contributed by atoms with Crippen LogP contribution in [0.25, 0.3) is 0 Å². The minimum absolute atomic E-state index is 0.345. The number of nitrogens with zero attached hydrogens (tertiary/aromatic N) is 1. The molecule has 0 amide bonds. The van der Waals surface area contributed by atoms with E-state index in [2.05, 4.69) is 22.0 Å². The number of hydrogen-bond acceptors (Lipinski definition) is 2. The lowest BCUT2D eigenvalue weighted by Crippen LogP contribution is -2.39. The third-order valence-corrected chi connectivity index (χ3v) is 3.57. The third kappa shape index (κ3) is 0.959. The Morgan fingerprint density at radius 1 is 1.60 bits per heavy atom. The molecule has 0 aliphatic carbocycles. The van der Waals surface area contributed by atoms with Gasteiger partial charge in [0.25, 0.3) is 0 Å². The zero-order valence-electron chi connectivity index (χ0n) is 6.15. The van der Waals surface area contributed by atoms with Gasteiger partial charge in [-0.3, -0.25) is 0 Å². The highest BCUT2D eigenvalue weighted by Gasteiger charge is 2.49. The predicted octanol–water partition coefficient (Wildman–Crippen LogP) is 1.84. The molecule has 56 valence electrons. The van der Waals surface area contributed by atoms with Crippen molar-refractivity contribution in [3.8, 4) is 6.07 Å². The Balaban J connectivity index is 2.89. The van der Waals surface area contributed by atoms with Crippen molar-refractivity contribution in [3.05, 3.63) is 0 Å². The normalized spacial score (nSPS) is 37.4. The van der Waals surface area contributed by atoms with E-state index in [0.717, 1.165) is 6.42 Å². The highest BCUT2D eigenvalue weighted by Crippen LogP contribution is 2.41. The van der Waals surface area contributed by atoms with Gasteiger partial charge in [-0.25, -0.2) is 0 Å². The van der Waals surface area contributed by atoms with E-state index < -0.39 is 4.32 Å². The van der Waals surface area contributed by atoms with Gasteiger partial charge in [0.15, 0.2) is 0 Å². The number of nitriles is 1. The average Bonchev–Trinajstić information content (AvgIpc) is 2.10. The standard InChI is InChI=1S/C7H10BrNO/c1-6(2)7(8,5-9)3-4-10-6/h3-4H2,1-2H3. The van der Waals surface area contributed by atoms with Gasteiger partial charge in [-0.15, -0.1) is 0 Å². The Bertz CT molecular complexity index is 185. The van der Waals surface area contributed by atoms with Crippen LogP contribution in [0.15, 0.2) is 0 Å². The van der Waals surface area contributed by atoms with Gasteiger partial charge in [0.05, 0.1) is 11.7 Å². The maximum atomic E-state index is 8.78. The molecule has 0 aromatic rings. The first kappa shape index (κ1) is 8.03. The van der Waals surface area contributed by atoms with E-state index in [1.54, 1.807) is 0 Å². The lowest BCUT2D eigenvalue weighted by molar-refractivity contribution is 0.0309. The summed E-state index contributed by atoms with van der Waals surface area (Å²) < 4.78 is 4.91. The van der Waals surface area contributed by atoms with E-state index in [-0.39, 0.29) is 5.60 Å². The molecule has 1 rings (SSSR count). The first-order valence-corrected chi connectivity index (χ1v) is 4.05. The van der Waals surface area contributed by atoms with Gasteiger partial charge < -0.3 is 4.74 Å². The van der Waals surface area contributed by atoms with Gasteiger partial charge in [-0.1, -0.05) is 15.9 Å². The lowest BCUT2D eigenvalue weighted by atomic mass is 9.92. The maximum absolute atomic E-state index is 8.78. The molecule has 1 unspecified atom stereocenters. The highest BCUT2D eigenvalue weighted by molar-refractivity contribution is 9.10. The summed E-state index contributed by atoms with van der Waals surface area (Å²) in [5.74, 6) is 0. The molecule has 0 spiro atoms. The van der Waals surface area contributed by atoms with E-state index in [9.17, 15) is 0 Å². The minimum atomic E-state index is -0.472. The van der Waals surface area contributed by atoms with Crippen molar-refractivity contribution in [1.29, 1.82) is 5.26 Å². The summed E-state index contributed by atoms with van der Waals surface area (Å²) in [5.41, 5.74) is -0.345. The number of halogens is 1. The third-order valence-electron chi connectivity index (χ3n) is 2.04. The van der Waals surface area contributed by atoms with Crippen molar-refractivity contribution in [2.75, 3.05) is 6.61 Å². The quantitative estimate of drug-likeness (QED) is 0.564. The Labute approximate surface area is 69.3 Å². The summed E-state index contributed by atoms with van der Waals surface area (Å²) in [6.45, 7) is 4.53. The predicted molar refractivity (Wildman–Crippen MR) is 41.9 cm³/mol. The van der Waals surface area contributed by atoms with E-state index in [4.69, 9.17) is 10.00 Å². The summed E-state index contributed by atoms with van der Waals surface area (Å²) in [6, 6.07) is 2.22. The van der Waals surface area contributed by atoms with Crippen molar-refractivity contribution in [1.82, 2.24) is 0 Å². The number of hydrogen-bond donors (Lipinski definition) is 0.